The molecule has 0 unspecified atom stereocenters. The van der Waals surface area contributed by atoms with E-state index in [9.17, 15) is 0 Å². The SMILES string of the molecule is Cc1c(C)n(-c2ccccc2)c2c1ccc1c3ccc4c(C)c(C)n(-c5ccccc5)c4c3ccc12.c1ccc(-n2c3ccccc3c3cc4ccc5cc6c7ccccc7n(-c7ccccc7)c6cc5c4cc32)cc1. The number of rotatable bonds is 4. The molecular formula is C72H52N4. The molecule has 0 aliphatic carbocycles. The standard InChI is InChI=1S/C38H24N2.C34H28N2/c1-3-11-27(12-4-1)39-35-17-9-7-15-29(35)33-21-25-19-20-26-22-34-30-16-8-10-18-36(30)40(28-13-5-2-6-14-28)38(34)24-32(26)31(25)23-37(33)39;1-21-23(3)35(25-11-7-5-8-12-25)33-27(21)15-17-29-30-18-16-28-22(2)24(4)36(26-13-9-6-10-14-26)34(28)32(30)20-19-31(29)33/h1-24H;5-20H,1-4H3. The number of benzene rings is 12. The van der Waals surface area contributed by atoms with Crippen molar-refractivity contribution in [3.63, 3.8) is 0 Å². The molecule has 4 aromatic heterocycles. The van der Waals surface area contributed by atoms with Crippen LogP contribution in [0.3, 0.4) is 0 Å². The van der Waals surface area contributed by atoms with Crippen LogP contribution in [0, 0.1) is 27.7 Å². The maximum atomic E-state index is 2.43. The molecule has 0 bridgehead atoms. The van der Waals surface area contributed by atoms with Gasteiger partial charge in [0.1, 0.15) is 0 Å². The van der Waals surface area contributed by atoms with E-state index in [2.05, 4.69) is 289 Å². The lowest BCUT2D eigenvalue weighted by molar-refractivity contribution is 1.04. The summed E-state index contributed by atoms with van der Waals surface area (Å²) in [5.41, 5.74) is 17.6. The molecule has 0 amide bonds. The largest absolute Gasteiger partial charge is 0.313 e. The van der Waals surface area contributed by atoms with Gasteiger partial charge in [-0.3, -0.25) is 0 Å². The van der Waals surface area contributed by atoms with Crippen LogP contribution in [0.25, 0.3) is 131 Å². The number of fused-ring (bicyclic) bond motifs is 16. The summed E-state index contributed by atoms with van der Waals surface area (Å²) in [5.74, 6) is 0. The summed E-state index contributed by atoms with van der Waals surface area (Å²) in [6.45, 7) is 8.95. The third-order valence-electron chi connectivity index (χ3n) is 16.6. The molecule has 0 spiro atoms. The third kappa shape index (κ3) is 6.44. The lowest BCUT2D eigenvalue weighted by Crippen LogP contribution is -1.98. The Morgan fingerprint density at radius 2 is 0.526 bits per heavy atom. The maximum Gasteiger partial charge on any atom is 0.0612 e. The number of aryl methyl sites for hydroxylation is 2. The van der Waals surface area contributed by atoms with Crippen LogP contribution in [-0.4, -0.2) is 18.3 Å². The van der Waals surface area contributed by atoms with Gasteiger partial charge >= 0.3 is 0 Å². The number of hydrogen-bond acceptors (Lipinski definition) is 0. The highest BCUT2D eigenvalue weighted by Gasteiger charge is 2.21. The molecule has 12 aromatic carbocycles. The first kappa shape index (κ1) is 43.9. The summed E-state index contributed by atoms with van der Waals surface area (Å²) in [6, 6.07) is 88.4. The van der Waals surface area contributed by atoms with Crippen molar-refractivity contribution in [2.75, 3.05) is 0 Å². The lowest BCUT2D eigenvalue weighted by atomic mass is 9.97. The molecule has 0 radical (unpaired) electrons. The molecule has 16 rings (SSSR count). The molecule has 0 fully saturated rings. The Kier molecular flexibility index (Phi) is 9.79. The van der Waals surface area contributed by atoms with Crippen LogP contribution in [0.2, 0.25) is 0 Å². The van der Waals surface area contributed by atoms with Gasteiger partial charge in [-0.2, -0.15) is 0 Å². The Balaban J connectivity index is 0.000000134. The van der Waals surface area contributed by atoms with Crippen molar-refractivity contribution in [2.45, 2.75) is 27.7 Å². The van der Waals surface area contributed by atoms with Crippen LogP contribution in [-0.2, 0) is 0 Å². The number of aromatic nitrogens is 4. The van der Waals surface area contributed by atoms with Crippen LogP contribution in [0.15, 0.2) is 243 Å². The Hall–Kier alpha value is -9.64. The van der Waals surface area contributed by atoms with E-state index in [4.69, 9.17) is 0 Å². The zero-order chi connectivity index (χ0) is 50.8. The molecule has 0 aliphatic rings. The minimum Gasteiger partial charge on any atom is -0.313 e. The van der Waals surface area contributed by atoms with E-state index >= 15 is 0 Å². The minimum atomic E-state index is 1.18. The minimum absolute atomic E-state index is 1.18. The first-order valence-electron chi connectivity index (χ1n) is 26.4. The molecule has 16 aromatic rings. The zero-order valence-electron chi connectivity index (χ0n) is 42.9. The fourth-order valence-corrected chi connectivity index (χ4v) is 12.8. The van der Waals surface area contributed by atoms with Gasteiger partial charge in [0.15, 0.2) is 0 Å². The topological polar surface area (TPSA) is 19.7 Å². The van der Waals surface area contributed by atoms with Crippen molar-refractivity contribution in [3.05, 3.63) is 265 Å². The Morgan fingerprint density at radius 1 is 0.211 bits per heavy atom. The summed E-state index contributed by atoms with van der Waals surface area (Å²) in [7, 11) is 0. The molecule has 0 atom stereocenters. The Labute approximate surface area is 440 Å². The van der Waals surface area contributed by atoms with Crippen molar-refractivity contribution in [3.8, 4) is 22.7 Å². The average Bonchev–Trinajstić information content (AvgIpc) is 4.28. The average molecular weight is 973 g/mol. The highest BCUT2D eigenvalue weighted by atomic mass is 15.0. The Morgan fingerprint density at radius 3 is 0.908 bits per heavy atom. The molecule has 76 heavy (non-hydrogen) atoms. The quantitative estimate of drug-likeness (QED) is 0.157. The van der Waals surface area contributed by atoms with E-state index < -0.39 is 0 Å². The molecule has 0 saturated heterocycles. The van der Waals surface area contributed by atoms with Gasteiger partial charge in [-0.05, 0) is 156 Å². The first-order chi connectivity index (χ1) is 37.4. The van der Waals surface area contributed by atoms with Gasteiger partial charge in [0.05, 0.1) is 33.1 Å². The summed E-state index contributed by atoms with van der Waals surface area (Å²) in [4.78, 5) is 0. The lowest BCUT2D eigenvalue weighted by Gasteiger charge is -2.14. The van der Waals surface area contributed by atoms with Gasteiger partial charge in [0.2, 0.25) is 0 Å². The second kappa shape index (κ2) is 17.0. The van der Waals surface area contributed by atoms with E-state index in [1.807, 2.05) is 0 Å². The van der Waals surface area contributed by atoms with E-state index in [1.165, 1.54) is 154 Å². The highest BCUT2D eigenvalue weighted by Crippen LogP contribution is 2.43. The smallest absolute Gasteiger partial charge is 0.0612 e. The zero-order valence-corrected chi connectivity index (χ0v) is 42.9. The number of nitrogens with zero attached hydrogens (tertiary/aromatic N) is 4. The third-order valence-corrected chi connectivity index (χ3v) is 16.6. The van der Waals surface area contributed by atoms with Crippen molar-refractivity contribution < 1.29 is 0 Å². The molecule has 4 heterocycles. The Bertz CT molecular complexity index is 4680. The molecule has 0 N–H and O–H groups in total. The highest BCUT2D eigenvalue weighted by molar-refractivity contribution is 6.24. The first-order valence-corrected chi connectivity index (χ1v) is 26.4. The molecule has 360 valence electrons. The van der Waals surface area contributed by atoms with Crippen LogP contribution in [0.5, 0.6) is 0 Å². The van der Waals surface area contributed by atoms with Gasteiger partial charge in [0.25, 0.3) is 0 Å². The maximum absolute atomic E-state index is 2.43. The second-order valence-electron chi connectivity index (χ2n) is 20.6. The van der Waals surface area contributed by atoms with Gasteiger partial charge in [-0.15, -0.1) is 0 Å². The van der Waals surface area contributed by atoms with Crippen molar-refractivity contribution >= 4 is 109 Å². The second-order valence-corrected chi connectivity index (χ2v) is 20.6. The predicted octanol–water partition coefficient (Wildman–Crippen LogP) is 19.3. The molecule has 4 heteroatoms. The van der Waals surface area contributed by atoms with Crippen LogP contribution in [0.4, 0.5) is 0 Å². The summed E-state index contributed by atoms with van der Waals surface area (Å²) in [5, 5.41) is 18.0. The fraction of sp³-hybridized carbons (Fsp3) is 0.0556. The number of para-hydroxylation sites is 6. The van der Waals surface area contributed by atoms with Gasteiger partial charge < -0.3 is 18.3 Å². The van der Waals surface area contributed by atoms with E-state index in [-0.39, 0.29) is 0 Å². The van der Waals surface area contributed by atoms with Gasteiger partial charge in [0, 0.05) is 77.2 Å². The van der Waals surface area contributed by atoms with Crippen LogP contribution < -0.4 is 0 Å². The van der Waals surface area contributed by atoms with Crippen molar-refractivity contribution in [1.82, 2.24) is 18.3 Å². The van der Waals surface area contributed by atoms with Gasteiger partial charge in [-0.25, -0.2) is 0 Å². The van der Waals surface area contributed by atoms with Gasteiger partial charge in [-0.1, -0.05) is 158 Å². The molecule has 0 saturated carbocycles. The molecule has 0 aliphatic heterocycles. The van der Waals surface area contributed by atoms with E-state index in [0.29, 0.717) is 0 Å². The summed E-state index contributed by atoms with van der Waals surface area (Å²) in [6.07, 6.45) is 0. The predicted molar refractivity (Wildman–Crippen MR) is 324 cm³/mol. The molecule has 4 nitrogen and oxygen atoms in total. The summed E-state index contributed by atoms with van der Waals surface area (Å²) < 4.78 is 9.67. The van der Waals surface area contributed by atoms with E-state index in [0.717, 1.165) is 0 Å². The van der Waals surface area contributed by atoms with Crippen molar-refractivity contribution in [2.24, 2.45) is 0 Å². The van der Waals surface area contributed by atoms with Crippen LogP contribution >= 0.6 is 0 Å². The van der Waals surface area contributed by atoms with E-state index in [1.54, 1.807) is 0 Å². The normalized spacial score (nSPS) is 11.9. The van der Waals surface area contributed by atoms with Crippen LogP contribution in [0.1, 0.15) is 22.5 Å². The van der Waals surface area contributed by atoms with Crippen molar-refractivity contribution in [1.29, 1.82) is 0 Å². The summed E-state index contributed by atoms with van der Waals surface area (Å²) >= 11 is 0. The number of hydrogen-bond donors (Lipinski definition) is 0. The fourth-order valence-electron chi connectivity index (χ4n) is 12.8. The molecular weight excluding hydrogens is 921 g/mol. The monoisotopic (exact) mass is 972 g/mol.